The first-order valence-corrected chi connectivity index (χ1v) is 22.1. The van der Waals surface area contributed by atoms with Crippen molar-refractivity contribution in [1.29, 1.82) is 0 Å². The van der Waals surface area contributed by atoms with Crippen LogP contribution in [0.5, 0.6) is 0 Å². The number of hydrogen-bond donors (Lipinski definition) is 3. The molecule has 318 valence electrons. The van der Waals surface area contributed by atoms with Crippen LogP contribution < -0.4 is 16.4 Å². The fraction of sp³-hybridized carbons (Fsp3) is 0.804. The van der Waals surface area contributed by atoms with E-state index in [1.807, 2.05) is 26.8 Å². The van der Waals surface area contributed by atoms with Crippen molar-refractivity contribution < 1.29 is 23.9 Å². The molecule has 0 fully saturated rings. The quantitative estimate of drug-likeness (QED) is 0.0325. The van der Waals surface area contributed by atoms with Crippen LogP contribution in [0.4, 0.5) is 0 Å². The molecular formula is C46H89N3O5. The molecule has 8 nitrogen and oxygen atoms in total. The number of primary amides is 1. The van der Waals surface area contributed by atoms with Crippen LogP contribution in [-0.4, -0.2) is 57.1 Å². The van der Waals surface area contributed by atoms with Gasteiger partial charge in [-0.05, 0) is 58.8 Å². The second kappa shape index (κ2) is 48.6. The molecule has 0 aromatic rings. The number of carbonyl (C=O) groups excluding carboxylic acids is 3. The molecule has 0 heterocycles. The predicted molar refractivity (Wildman–Crippen MR) is 233 cm³/mol. The van der Waals surface area contributed by atoms with E-state index in [0.717, 1.165) is 50.0 Å². The van der Waals surface area contributed by atoms with E-state index < -0.39 is 0 Å². The lowest BCUT2D eigenvalue weighted by Crippen LogP contribution is -2.36. The minimum Gasteiger partial charge on any atom is -0.379 e. The normalized spacial score (nSPS) is 11.0. The van der Waals surface area contributed by atoms with E-state index in [2.05, 4.69) is 36.1 Å². The van der Waals surface area contributed by atoms with Crippen LogP contribution in [0.2, 0.25) is 0 Å². The molecule has 0 aliphatic heterocycles. The third-order valence-electron chi connectivity index (χ3n) is 9.17. The zero-order chi connectivity index (χ0) is 40.8. The van der Waals surface area contributed by atoms with Gasteiger partial charge in [0, 0.05) is 25.3 Å². The Kier molecular flexibility index (Phi) is 50.3. The van der Waals surface area contributed by atoms with Gasteiger partial charge in [-0.15, -0.1) is 6.58 Å². The Balaban J connectivity index is -0.00000493. The highest BCUT2D eigenvalue weighted by Gasteiger charge is 2.16. The number of hydrogen-bond acceptors (Lipinski definition) is 6. The molecule has 0 saturated heterocycles. The van der Waals surface area contributed by atoms with Crippen molar-refractivity contribution in [2.75, 3.05) is 33.0 Å². The van der Waals surface area contributed by atoms with Crippen LogP contribution in [0, 0.1) is 0 Å². The third kappa shape index (κ3) is 49.6. The van der Waals surface area contributed by atoms with Crippen LogP contribution in [0.1, 0.15) is 201 Å². The molecule has 0 spiro atoms. The largest absolute Gasteiger partial charge is 0.379 e. The second-order valence-corrected chi connectivity index (χ2v) is 14.5. The van der Waals surface area contributed by atoms with Crippen molar-refractivity contribution in [3.63, 3.8) is 0 Å². The van der Waals surface area contributed by atoms with Crippen LogP contribution in [0.15, 0.2) is 37.1 Å². The Bertz CT molecular complexity index is 863. The summed E-state index contributed by atoms with van der Waals surface area (Å²) >= 11 is 0. The molecule has 8 heteroatoms. The molecule has 0 aliphatic rings. The number of Topliss-reactive ketones (excluding diaryl/α,β-unsaturated/α-hetero) is 1. The number of rotatable bonds is 40. The molecule has 0 saturated carbocycles. The van der Waals surface area contributed by atoms with Gasteiger partial charge in [0.15, 0.2) is 5.78 Å². The highest BCUT2D eigenvalue weighted by Crippen LogP contribution is 2.15. The summed E-state index contributed by atoms with van der Waals surface area (Å²) in [5, 5.41) is 6.34. The van der Waals surface area contributed by atoms with E-state index in [1.54, 1.807) is 6.92 Å². The Morgan fingerprint density at radius 2 is 1.06 bits per heavy atom. The maximum absolute atomic E-state index is 12.4. The van der Waals surface area contributed by atoms with Crippen molar-refractivity contribution in [2.45, 2.75) is 207 Å². The lowest BCUT2D eigenvalue weighted by molar-refractivity contribution is -0.122. The summed E-state index contributed by atoms with van der Waals surface area (Å²) < 4.78 is 11.0. The molecule has 1 atom stereocenters. The van der Waals surface area contributed by atoms with E-state index in [-0.39, 0.29) is 24.1 Å². The Labute approximate surface area is 334 Å². The molecule has 0 aliphatic carbocycles. The molecule has 0 bridgehead atoms. The second-order valence-electron chi connectivity index (χ2n) is 14.5. The summed E-state index contributed by atoms with van der Waals surface area (Å²) in [7, 11) is 0. The van der Waals surface area contributed by atoms with Gasteiger partial charge in [0.1, 0.15) is 0 Å². The molecule has 4 N–H and O–H groups in total. The average molecular weight is 764 g/mol. The monoisotopic (exact) mass is 764 g/mol. The van der Waals surface area contributed by atoms with Gasteiger partial charge in [-0.25, -0.2) is 0 Å². The number of ether oxygens (including phenoxy) is 2. The fourth-order valence-corrected chi connectivity index (χ4v) is 6.07. The van der Waals surface area contributed by atoms with Crippen molar-refractivity contribution in [2.24, 2.45) is 5.73 Å². The molecule has 0 aromatic carbocycles. The first kappa shape index (κ1) is 55.9. The number of ketones is 1. The number of carbonyl (C=O) groups is 3. The van der Waals surface area contributed by atoms with Gasteiger partial charge < -0.3 is 25.8 Å². The van der Waals surface area contributed by atoms with Gasteiger partial charge in [-0.3, -0.25) is 14.4 Å². The summed E-state index contributed by atoms with van der Waals surface area (Å²) in [6.07, 6.45) is 34.9. The topological polar surface area (TPSA) is 120 Å². The van der Waals surface area contributed by atoms with Crippen molar-refractivity contribution >= 4 is 18.1 Å². The number of nitrogens with two attached hydrogens (primary N) is 1. The van der Waals surface area contributed by atoms with Crippen molar-refractivity contribution in [1.82, 2.24) is 10.6 Å². The van der Waals surface area contributed by atoms with Crippen LogP contribution >= 0.6 is 0 Å². The highest BCUT2D eigenvalue weighted by atomic mass is 16.5. The summed E-state index contributed by atoms with van der Waals surface area (Å²) in [6, 6.07) is -0.328. The average Bonchev–Trinajstić information content (AvgIpc) is 3.15. The number of amides is 2. The van der Waals surface area contributed by atoms with Crippen LogP contribution in [-0.2, 0) is 23.9 Å². The van der Waals surface area contributed by atoms with Gasteiger partial charge in [0.2, 0.25) is 12.3 Å². The fourth-order valence-electron chi connectivity index (χ4n) is 6.07. The third-order valence-corrected chi connectivity index (χ3v) is 9.17. The number of unbranched alkanes of at least 4 members (excludes halogenated alkanes) is 22. The zero-order valence-electron chi connectivity index (χ0n) is 36.1. The highest BCUT2D eigenvalue weighted by molar-refractivity contribution is 5.83. The minimum absolute atomic E-state index is 0.0322. The SMILES string of the molecule is C=CCCCCCCCCCCCCCCCCCCC(=C)NC(CCC(=O)NCCCCCCCCCOCCOCC(=C)C)C(C)=O.CC.NC=O. The first-order chi connectivity index (χ1) is 26.3. The summed E-state index contributed by atoms with van der Waals surface area (Å²) in [5.74, 6) is 0.104. The molecule has 54 heavy (non-hydrogen) atoms. The summed E-state index contributed by atoms with van der Waals surface area (Å²) in [6.45, 7) is 22.7. The van der Waals surface area contributed by atoms with Crippen molar-refractivity contribution in [3.8, 4) is 0 Å². The Morgan fingerprint density at radius 3 is 1.52 bits per heavy atom. The summed E-state index contributed by atoms with van der Waals surface area (Å²) in [5.41, 5.74) is 6.12. The Morgan fingerprint density at radius 1 is 0.630 bits per heavy atom. The van der Waals surface area contributed by atoms with E-state index in [4.69, 9.17) is 14.3 Å². The Hall–Kier alpha value is -2.45. The maximum atomic E-state index is 12.4. The van der Waals surface area contributed by atoms with Gasteiger partial charge in [-0.2, -0.15) is 0 Å². The van der Waals surface area contributed by atoms with Gasteiger partial charge in [0.25, 0.3) is 0 Å². The van der Waals surface area contributed by atoms with Crippen molar-refractivity contribution in [3.05, 3.63) is 37.1 Å². The van der Waals surface area contributed by atoms with E-state index in [9.17, 15) is 9.59 Å². The zero-order valence-corrected chi connectivity index (χ0v) is 36.1. The van der Waals surface area contributed by atoms with Gasteiger partial charge >= 0.3 is 0 Å². The molecule has 0 rings (SSSR count). The lowest BCUT2D eigenvalue weighted by atomic mass is 10.0. The van der Waals surface area contributed by atoms with E-state index in [0.29, 0.717) is 39.2 Å². The number of allylic oxidation sites excluding steroid dienone is 2. The molecule has 0 aromatic heterocycles. The molecular weight excluding hydrogens is 675 g/mol. The van der Waals surface area contributed by atoms with E-state index in [1.165, 1.54) is 128 Å². The van der Waals surface area contributed by atoms with Crippen LogP contribution in [0.25, 0.3) is 0 Å². The lowest BCUT2D eigenvalue weighted by Gasteiger charge is -2.19. The summed E-state index contributed by atoms with van der Waals surface area (Å²) in [4.78, 5) is 33.1. The smallest absolute Gasteiger partial charge is 0.220 e. The van der Waals surface area contributed by atoms with Crippen LogP contribution in [0.3, 0.4) is 0 Å². The predicted octanol–water partition coefficient (Wildman–Crippen LogP) is 11.6. The van der Waals surface area contributed by atoms with E-state index >= 15 is 0 Å². The first-order valence-electron chi connectivity index (χ1n) is 22.1. The standard InChI is InChI=1S/C43H80N2O4.C2H6.CH3NO/c1-6-7-8-9-10-11-12-13-14-15-16-17-18-19-20-22-25-28-31-40(4)45-42(41(5)46)32-33-43(47)44-34-29-26-23-21-24-27-30-35-48-36-37-49-38-39(2)3;1-2;2-1-3/h6,42,45H,1-2,4,7-38H2,3,5H3,(H,44,47);1-2H3;1H,(H2,2,3). The maximum Gasteiger partial charge on any atom is 0.220 e. The minimum atomic E-state index is -0.328. The molecule has 2 amide bonds. The molecule has 1 unspecified atom stereocenters. The molecule has 0 radical (unpaired) electrons. The van der Waals surface area contributed by atoms with Gasteiger partial charge in [-0.1, -0.05) is 161 Å². The number of nitrogens with one attached hydrogen (secondary N) is 2. The van der Waals surface area contributed by atoms with Gasteiger partial charge in [0.05, 0.1) is 25.9 Å².